The summed E-state index contributed by atoms with van der Waals surface area (Å²) in [5.41, 5.74) is 0. The van der Waals surface area contributed by atoms with Crippen LogP contribution in [0.25, 0.3) is 0 Å². The summed E-state index contributed by atoms with van der Waals surface area (Å²) in [5.74, 6) is 1.80. The van der Waals surface area contributed by atoms with Crippen molar-refractivity contribution in [1.82, 2.24) is 10.6 Å². The van der Waals surface area contributed by atoms with Crippen LogP contribution in [-0.4, -0.2) is 38.8 Å². The standard InChI is InChI=1S/C15H31N3O.HI/c1-4-5-11-19-12-10-17-15(16-3)18-14-8-6-13(2)7-9-14;/h13-14H,4-12H2,1-3H3,(H2,16,17,18);1H. The number of hydrogen-bond acceptors (Lipinski definition) is 2. The molecule has 0 radical (unpaired) electrons. The second kappa shape index (κ2) is 12.7. The number of halogens is 1. The molecule has 120 valence electrons. The topological polar surface area (TPSA) is 45.6 Å². The van der Waals surface area contributed by atoms with Crippen molar-refractivity contribution in [1.29, 1.82) is 0 Å². The Hall–Kier alpha value is -0.0400. The lowest BCUT2D eigenvalue weighted by molar-refractivity contribution is 0.135. The van der Waals surface area contributed by atoms with Crippen LogP contribution in [0.5, 0.6) is 0 Å². The van der Waals surface area contributed by atoms with E-state index in [0.29, 0.717) is 6.04 Å². The van der Waals surface area contributed by atoms with E-state index in [2.05, 4.69) is 29.5 Å². The SMILES string of the molecule is CCCCOCCNC(=NC)NC1CCC(C)CC1.I. The fraction of sp³-hybridized carbons (Fsp3) is 0.933. The van der Waals surface area contributed by atoms with Gasteiger partial charge in [0.25, 0.3) is 0 Å². The van der Waals surface area contributed by atoms with E-state index in [9.17, 15) is 0 Å². The molecule has 0 unspecified atom stereocenters. The average Bonchev–Trinajstić information content (AvgIpc) is 2.43. The summed E-state index contributed by atoms with van der Waals surface area (Å²) in [6.45, 7) is 6.97. The third-order valence-electron chi connectivity index (χ3n) is 3.76. The van der Waals surface area contributed by atoms with Gasteiger partial charge < -0.3 is 15.4 Å². The van der Waals surface area contributed by atoms with E-state index in [1.54, 1.807) is 0 Å². The molecule has 1 saturated carbocycles. The molecule has 0 amide bonds. The van der Waals surface area contributed by atoms with Gasteiger partial charge in [0.15, 0.2) is 5.96 Å². The number of rotatable bonds is 7. The molecule has 0 aromatic carbocycles. The molecule has 0 spiro atoms. The summed E-state index contributed by atoms with van der Waals surface area (Å²) in [6.07, 6.45) is 7.51. The van der Waals surface area contributed by atoms with Gasteiger partial charge in [0.2, 0.25) is 0 Å². The molecule has 20 heavy (non-hydrogen) atoms. The van der Waals surface area contributed by atoms with Crippen LogP contribution < -0.4 is 10.6 Å². The quantitative estimate of drug-likeness (QED) is 0.300. The van der Waals surface area contributed by atoms with Crippen LogP contribution in [0.4, 0.5) is 0 Å². The maximum atomic E-state index is 5.53. The van der Waals surface area contributed by atoms with Crippen LogP contribution in [0.2, 0.25) is 0 Å². The Balaban J connectivity index is 0.00000361. The minimum atomic E-state index is 0. The molecule has 4 nitrogen and oxygen atoms in total. The Morgan fingerprint density at radius 2 is 1.90 bits per heavy atom. The van der Waals surface area contributed by atoms with Crippen molar-refractivity contribution >= 4 is 29.9 Å². The Morgan fingerprint density at radius 3 is 2.50 bits per heavy atom. The second-order valence-corrected chi connectivity index (χ2v) is 5.57. The van der Waals surface area contributed by atoms with Crippen LogP contribution >= 0.6 is 24.0 Å². The summed E-state index contributed by atoms with van der Waals surface area (Å²) >= 11 is 0. The van der Waals surface area contributed by atoms with Crippen LogP contribution in [0.15, 0.2) is 4.99 Å². The highest BCUT2D eigenvalue weighted by Crippen LogP contribution is 2.23. The molecule has 2 N–H and O–H groups in total. The van der Waals surface area contributed by atoms with Gasteiger partial charge in [0.1, 0.15) is 0 Å². The van der Waals surface area contributed by atoms with Gasteiger partial charge in [-0.3, -0.25) is 4.99 Å². The van der Waals surface area contributed by atoms with E-state index in [4.69, 9.17) is 4.74 Å². The highest BCUT2D eigenvalue weighted by Gasteiger charge is 2.18. The summed E-state index contributed by atoms with van der Waals surface area (Å²) in [6, 6.07) is 0.586. The summed E-state index contributed by atoms with van der Waals surface area (Å²) in [7, 11) is 1.83. The average molecular weight is 397 g/mol. The van der Waals surface area contributed by atoms with Gasteiger partial charge in [-0.15, -0.1) is 24.0 Å². The first-order chi connectivity index (χ1) is 9.26. The number of ether oxygens (including phenoxy) is 1. The van der Waals surface area contributed by atoms with Crippen molar-refractivity contribution < 1.29 is 4.74 Å². The van der Waals surface area contributed by atoms with Crippen LogP contribution in [-0.2, 0) is 4.74 Å². The fourth-order valence-corrected chi connectivity index (χ4v) is 2.38. The first kappa shape index (κ1) is 20.0. The Labute approximate surface area is 141 Å². The van der Waals surface area contributed by atoms with E-state index in [1.807, 2.05) is 7.05 Å². The molecule has 0 heterocycles. The number of unbranched alkanes of at least 4 members (excludes halogenated alkanes) is 1. The van der Waals surface area contributed by atoms with Crippen molar-refractivity contribution in [3.05, 3.63) is 0 Å². The molecule has 1 aliphatic carbocycles. The molecule has 0 bridgehead atoms. The molecular weight excluding hydrogens is 365 g/mol. The van der Waals surface area contributed by atoms with Crippen molar-refractivity contribution in [2.75, 3.05) is 26.8 Å². The minimum Gasteiger partial charge on any atom is -0.380 e. The second-order valence-electron chi connectivity index (χ2n) is 5.57. The van der Waals surface area contributed by atoms with Gasteiger partial charge in [0, 0.05) is 26.2 Å². The lowest BCUT2D eigenvalue weighted by Crippen LogP contribution is -2.45. The first-order valence-corrected chi connectivity index (χ1v) is 7.81. The van der Waals surface area contributed by atoms with Gasteiger partial charge in [-0.2, -0.15) is 0 Å². The third-order valence-corrected chi connectivity index (χ3v) is 3.76. The molecule has 5 heteroatoms. The van der Waals surface area contributed by atoms with Gasteiger partial charge in [-0.25, -0.2) is 0 Å². The molecule has 1 rings (SSSR count). The summed E-state index contributed by atoms with van der Waals surface area (Å²) in [4.78, 5) is 4.27. The predicted octanol–water partition coefficient (Wildman–Crippen LogP) is 3.16. The number of hydrogen-bond donors (Lipinski definition) is 2. The fourth-order valence-electron chi connectivity index (χ4n) is 2.38. The zero-order valence-electron chi connectivity index (χ0n) is 13.3. The van der Waals surface area contributed by atoms with E-state index in [-0.39, 0.29) is 24.0 Å². The largest absolute Gasteiger partial charge is 0.380 e. The maximum absolute atomic E-state index is 5.53. The van der Waals surface area contributed by atoms with Gasteiger partial charge >= 0.3 is 0 Å². The van der Waals surface area contributed by atoms with Crippen molar-refractivity contribution in [3.63, 3.8) is 0 Å². The first-order valence-electron chi connectivity index (χ1n) is 7.81. The number of guanidine groups is 1. The Morgan fingerprint density at radius 1 is 1.20 bits per heavy atom. The highest BCUT2D eigenvalue weighted by atomic mass is 127. The zero-order valence-corrected chi connectivity index (χ0v) is 15.6. The van der Waals surface area contributed by atoms with Crippen molar-refractivity contribution in [2.45, 2.75) is 58.4 Å². The molecule has 0 aliphatic heterocycles. The number of nitrogens with zero attached hydrogens (tertiary/aromatic N) is 1. The van der Waals surface area contributed by atoms with Crippen LogP contribution in [0, 0.1) is 5.92 Å². The monoisotopic (exact) mass is 397 g/mol. The molecular formula is C15H32IN3O. The lowest BCUT2D eigenvalue weighted by atomic mass is 9.87. The molecule has 0 atom stereocenters. The molecule has 1 aliphatic rings. The van der Waals surface area contributed by atoms with Gasteiger partial charge in [-0.05, 0) is 38.0 Å². The molecule has 0 saturated heterocycles. The van der Waals surface area contributed by atoms with Crippen LogP contribution in [0.1, 0.15) is 52.4 Å². The summed E-state index contributed by atoms with van der Waals surface area (Å²) < 4.78 is 5.53. The lowest BCUT2D eigenvalue weighted by Gasteiger charge is -2.28. The van der Waals surface area contributed by atoms with Crippen molar-refractivity contribution in [3.8, 4) is 0 Å². The van der Waals surface area contributed by atoms with Crippen molar-refractivity contribution in [2.24, 2.45) is 10.9 Å². The highest BCUT2D eigenvalue weighted by molar-refractivity contribution is 14.0. The maximum Gasteiger partial charge on any atom is 0.191 e. The van der Waals surface area contributed by atoms with Gasteiger partial charge in [-0.1, -0.05) is 20.3 Å². The predicted molar refractivity (Wildman–Crippen MR) is 97.1 cm³/mol. The van der Waals surface area contributed by atoms with E-state index in [1.165, 1.54) is 32.1 Å². The van der Waals surface area contributed by atoms with Crippen LogP contribution in [0.3, 0.4) is 0 Å². The molecule has 0 aromatic heterocycles. The number of nitrogens with one attached hydrogen (secondary N) is 2. The Bertz CT molecular complexity index is 254. The third kappa shape index (κ3) is 9.00. The number of aliphatic imine (C=N–C) groups is 1. The van der Waals surface area contributed by atoms with E-state index >= 15 is 0 Å². The minimum absolute atomic E-state index is 0. The molecule has 1 fully saturated rings. The molecule has 0 aromatic rings. The summed E-state index contributed by atoms with van der Waals surface area (Å²) in [5, 5.41) is 6.83. The van der Waals surface area contributed by atoms with E-state index in [0.717, 1.165) is 38.1 Å². The zero-order chi connectivity index (χ0) is 13.9. The normalized spacial score (nSPS) is 23.1. The smallest absolute Gasteiger partial charge is 0.191 e. The Kier molecular flexibility index (Phi) is 12.7. The van der Waals surface area contributed by atoms with E-state index < -0.39 is 0 Å². The van der Waals surface area contributed by atoms with Gasteiger partial charge in [0.05, 0.1) is 6.61 Å².